The summed E-state index contributed by atoms with van der Waals surface area (Å²) in [5, 5.41) is 19.7. The van der Waals surface area contributed by atoms with Crippen LogP contribution in [0.1, 0.15) is 43.1 Å². The zero-order valence-electron chi connectivity index (χ0n) is 11.6. The summed E-state index contributed by atoms with van der Waals surface area (Å²) in [6.07, 6.45) is 5.03. The lowest BCUT2D eigenvalue weighted by Gasteiger charge is -2.28. The summed E-state index contributed by atoms with van der Waals surface area (Å²) >= 11 is 3.06. The van der Waals surface area contributed by atoms with Crippen LogP contribution in [0.4, 0.5) is 5.82 Å². The Labute approximate surface area is 130 Å². The van der Waals surface area contributed by atoms with Gasteiger partial charge in [0.25, 0.3) is 5.91 Å². The molecule has 0 aliphatic heterocycles. The van der Waals surface area contributed by atoms with Gasteiger partial charge in [0.2, 0.25) is 0 Å². The first-order chi connectivity index (χ1) is 9.97. The number of amides is 1. The van der Waals surface area contributed by atoms with Crippen molar-refractivity contribution in [1.29, 1.82) is 0 Å². The second-order valence-corrected chi connectivity index (χ2v) is 6.89. The second kappa shape index (κ2) is 5.40. The fraction of sp³-hybridized carbons (Fsp3) is 0.692. The summed E-state index contributed by atoms with van der Waals surface area (Å²) in [5.74, 6) is 1.37. The smallest absolute Gasteiger partial charge is 0.357 e. The molecule has 1 aromatic heterocycles. The Hall–Kier alpha value is -1.44. The lowest BCUT2D eigenvalue weighted by Crippen LogP contribution is -2.40. The molecule has 1 aromatic rings. The first-order valence-corrected chi connectivity index (χ1v) is 7.95. The Morgan fingerprint density at radius 2 is 2.29 bits per heavy atom. The predicted octanol–water partition coefficient (Wildman–Crippen LogP) is 2.63. The quantitative estimate of drug-likeness (QED) is 0.639. The molecule has 0 radical (unpaired) electrons. The highest BCUT2D eigenvalue weighted by molar-refractivity contribution is 9.10. The molecule has 2 fully saturated rings. The summed E-state index contributed by atoms with van der Waals surface area (Å²) in [7, 11) is 0. The Bertz CT molecular complexity index is 588. The van der Waals surface area contributed by atoms with Crippen molar-refractivity contribution in [3.8, 4) is 0 Å². The summed E-state index contributed by atoms with van der Waals surface area (Å²) in [6.45, 7) is 2.01. The third kappa shape index (κ3) is 2.56. The van der Waals surface area contributed by atoms with E-state index in [-0.39, 0.29) is 27.9 Å². The van der Waals surface area contributed by atoms with Crippen LogP contribution in [0, 0.1) is 27.9 Å². The highest BCUT2D eigenvalue weighted by atomic mass is 79.9. The Balaban J connectivity index is 1.67. The van der Waals surface area contributed by atoms with E-state index in [2.05, 4.69) is 31.4 Å². The molecule has 2 aliphatic rings. The van der Waals surface area contributed by atoms with E-state index in [9.17, 15) is 14.9 Å². The zero-order chi connectivity index (χ0) is 15.1. The van der Waals surface area contributed by atoms with Crippen molar-refractivity contribution in [2.45, 2.75) is 38.6 Å². The summed E-state index contributed by atoms with van der Waals surface area (Å²) in [5.41, 5.74) is 0.0386. The van der Waals surface area contributed by atoms with E-state index in [1.807, 2.05) is 6.92 Å². The lowest BCUT2D eigenvalue weighted by atomic mass is 9.84. The maximum Gasteiger partial charge on any atom is 0.357 e. The van der Waals surface area contributed by atoms with Crippen LogP contribution in [0.5, 0.6) is 0 Å². The minimum Gasteiger partial charge on any atom is -0.358 e. The molecular weight excluding hydrogens is 340 g/mol. The number of nitro groups is 1. The number of aromatic nitrogens is 2. The maximum atomic E-state index is 12.2. The van der Waals surface area contributed by atoms with Crippen molar-refractivity contribution in [2.24, 2.45) is 17.8 Å². The average molecular weight is 357 g/mol. The molecule has 21 heavy (non-hydrogen) atoms. The van der Waals surface area contributed by atoms with Gasteiger partial charge in [-0.2, -0.15) is 0 Å². The second-order valence-electron chi connectivity index (χ2n) is 6.09. The molecule has 1 heterocycles. The number of hydrogen-bond donors (Lipinski definition) is 2. The Morgan fingerprint density at radius 1 is 1.52 bits per heavy atom. The molecule has 0 aromatic carbocycles. The van der Waals surface area contributed by atoms with Gasteiger partial charge < -0.3 is 15.4 Å². The van der Waals surface area contributed by atoms with Crippen LogP contribution in [0.2, 0.25) is 0 Å². The van der Waals surface area contributed by atoms with Gasteiger partial charge in [0, 0.05) is 6.04 Å². The third-order valence-electron chi connectivity index (χ3n) is 4.88. The average Bonchev–Trinajstić information content (AvgIpc) is 3.12. The molecule has 8 heteroatoms. The minimum absolute atomic E-state index is 0.0386. The summed E-state index contributed by atoms with van der Waals surface area (Å²) < 4.78 is 0.102. The van der Waals surface area contributed by atoms with Gasteiger partial charge in [-0.1, -0.05) is 11.5 Å². The largest absolute Gasteiger partial charge is 0.358 e. The molecule has 0 saturated heterocycles. The topological polar surface area (TPSA) is 101 Å². The number of hydrogen-bond acceptors (Lipinski definition) is 4. The number of aromatic amines is 1. The highest BCUT2D eigenvalue weighted by Crippen LogP contribution is 2.49. The van der Waals surface area contributed by atoms with Gasteiger partial charge in [-0.25, -0.2) is 0 Å². The number of H-pyrrole nitrogens is 1. The van der Waals surface area contributed by atoms with Gasteiger partial charge in [0.1, 0.15) is 4.47 Å². The van der Waals surface area contributed by atoms with Gasteiger partial charge in [-0.3, -0.25) is 4.79 Å². The van der Waals surface area contributed by atoms with Crippen LogP contribution < -0.4 is 5.32 Å². The predicted molar refractivity (Wildman–Crippen MR) is 78.8 cm³/mol. The SMILES string of the molecule is C[C@H](NC(=O)c1n[nH]c([N+](=O)[O-])c1Br)[C@@H]1C[C@H]2CC[C@H]1C2. The van der Waals surface area contributed by atoms with Crippen molar-refractivity contribution in [2.75, 3.05) is 0 Å². The lowest BCUT2D eigenvalue weighted by molar-refractivity contribution is -0.390. The van der Waals surface area contributed by atoms with Crippen molar-refractivity contribution >= 4 is 27.7 Å². The van der Waals surface area contributed by atoms with Crippen molar-refractivity contribution in [3.05, 3.63) is 20.3 Å². The Kier molecular flexibility index (Phi) is 3.73. The molecular formula is C13H17BrN4O3. The number of carbonyl (C=O) groups excluding carboxylic acids is 1. The molecule has 7 nitrogen and oxygen atoms in total. The maximum absolute atomic E-state index is 12.2. The van der Waals surface area contributed by atoms with Crippen LogP contribution in [0.15, 0.2) is 4.47 Å². The molecule has 2 bridgehead atoms. The van der Waals surface area contributed by atoms with E-state index in [4.69, 9.17) is 0 Å². The third-order valence-corrected chi connectivity index (χ3v) is 5.63. The van der Waals surface area contributed by atoms with Gasteiger partial charge in [0.05, 0.1) is 0 Å². The first-order valence-electron chi connectivity index (χ1n) is 7.16. The number of fused-ring (bicyclic) bond motifs is 2. The summed E-state index contributed by atoms with van der Waals surface area (Å²) in [6, 6.07) is 0.0652. The van der Waals surface area contributed by atoms with Crippen LogP contribution in [0.25, 0.3) is 0 Å². The van der Waals surface area contributed by atoms with Crippen molar-refractivity contribution in [3.63, 3.8) is 0 Å². The van der Waals surface area contributed by atoms with Gasteiger partial charge in [0.15, 0.2) is 5.69 Å². The van der Waals surface area contributed by atoms with Crippen LogP contribution >= 0.6 is 15.9 Å². The van der Waals surface area contributed by atoms with E-state index < -0.39 is 4.92 Å². The fourth-order valence-electron chi connectivity index (χ4n) is 3.88. The van der Waals surface area contributed by atoms with E-state index in [1.54, 1.807) is 0 Å². The highest BCUT2D eigenvalue weighted by Gasteiger charge is 2.42. The number of carbonyl (C=O) groups is 1. The standard InChI is InChI=1S/C13H17BrN4O3/c1-6(9-5-7-2-3-8(9)4-7)15-13(19)11-10(14)12(17-16-11)18(20)21/h6-9H,2-5H2,1H3,(H,15,19)(H,16,17)/t6-,7-,8-,9-/m0/s1. The van der Waals surface area contributed by atoms with E-state index >= 15 is 0 Å². The number of rotatable bonds is 4. The van der Waals surface area contributed by atoms with Gasteiger partial charge in [-0.15, -0.1) is 5.10 Å². The molecule has 2 aliphatic carbocycles. The molecule has 2 N–H and O–H groups in total. The van der Waals surface area contributed by atoms with Crippen LogP contribution in [0.3, 0.4) is 0 Å². The van der Waals surface area contributed by atoms with Crippen molar-refractivity contribution in [1.82, 2.24) is 15.5 Å². The van der Waals surface area contributed by atoms with E-state index in [0.717, 1.165) is 5.92 Å². The van der Waals surface area contributed by atoms with Gasteiger partial charge in [-0.05, 0) is 64.8 Å². The zero-order valence-corrected chi connectivity index (χ0v) is 13.2. The number of nitrogens with zero attached hydrogens (tertiary/aromatic N) is 2. The first kappa shape index (κ1) is 14.5. The van der Waals surface area contributed by atoms with Crippen LogP contribution in [-0.2, 0) is 0 Å². The molecule has 2 saturated carbocycles. The molecule has 0 unspecified atom stereocenters. The van der Waals surface area contributed by atoms with E-state index in [0.29, 0.717) is 11.8 Å². The minimum atomic E-state index is -0.604. The van der Waals surface area contributed by atoms with Gasteiger partial charge >= 0.3 is 5.82 Å². The van der Waals surface area contributed by atoms with Crippen molar-refractivity contribution < 1.29 is 9.72 Å². The fourth-order valence-corrected chi connectivity index (χ4v) is 4.38. The normalized spacial score (nSPS) is 28.6. The molecule has 4 atom stereocenters. The number of nitrogens with one attached hydrogen (secondary N) is 2. The Morgan fingerprint density at radius 3 is 2.81 bits per heavy atom. The van der Waals surface area contributed by atoms with Crippen LogP contribution in [-0.4, -0.2) is 27.1 Å². The summed E-state index contributed by atoms with van der Waals surface area (Å²) in [4.78, 5) is 22.4. The molecule has 3 rings (SSSR count). The monoisotopic (exact) mass is 356 g/mol. The number of halogens is 1. The van der Waals surface area contributed by atoms with E-state index in [1.165, 1.54) is 25.7 Å². The molecule has 114 valence electrons. The molecule has 0 spiro atoms. The molecule has 1 amide bonds.